The standard InChI is InChI=1S/C24H24N6O3/c1-14-8-9-20(10-15(14)2)30-23-21(12-25-30)16(3)28-29(24(23)33)13-22(32)27-19-7-5-6-18(11-19)26-17(4)31/h5-12H,13H2,1-4H3,(H,26,31)(H,27,32). The Morgan fingerprint density at radius 1 is 0.970 bits per heavy atom. The number of rotatable bonds is 5. The number of amides is 2. The highest BCUT2D eigenvalue weighted by molar-refractivity contribution is 5.93. The quantitative estimate of drug-likeness (QED) is 0.491. The van der Waals surface area contributed by atoms with Gasteiger partial charge in [0.2, 0.25) is 11.8 Å². The van der Waals surface area contributed by atoms with Gasteiger partial charge in [-0.05, 0) is 62.2 Å². The number of anilines is 2. The zero-order valence-electron chi connectivity index (χ0n) is 18.8. The lowest BCUT2D eigenvalue weighted by atomic mass is 10.1. The van der Waals surface area contributed by atoms with E-state index in [1.165, 1.54) is 6.92 Å². The molecule has 0 aliphatic carbocycles. The monoisotopic (exact) mass is 444 g/mol. The summed E-state index contributed by atoms with van der Waals surface area (Å²) in [5.74, 6) is -0.626. The fourth-order valence-corrected chi connectivity index (χ4v) is 3.60. The van der Waals surface area contributed by atoms with Gasteiger partial charge in [-0.2, -0.15) is 10.2 Å². The summed E-state index contributed by atoms with van der Waals surface area (Å²) in [6.45, 7) is 6.94. The van der Waals surface area contributed by atoms with Crippen molar-refractivity contribution in [3.8, 4) is 5.69 Å². The lowest BCUT2D eigenvalue weighted by Crippen LogP contribution is -2.31. The van der Waals surface area contributed by atoms with Crippen LogP contribution >= 0.6 is 0 Å². The lowest BCUT2D eigenvalue weighted by Gasteiger charge is -2.11. The number of hydrogen-bond acceptors (Lipinski definition) is 5. The predicted octanol–water partition coefficient (Wildman–Crippen LogP) is 3.10. The van der Waals surface area contributed by atoms with Gasteiger partial charge in [0.15, 0.2) is 0 Å². The van der Waals surface area contributed by atoms with Crippen LogP contribution in [0.2, 0.25) is 0 Å². The number of carbonyl (C=O) groups excluding carboxylic acids is 2. The molecule has 0 spiro atoms. The normalized spacial score (nSPS) is 10.9. The molecule has 4 aromatic rings. The molecule has 0 unspecified atom stereocenters. The van der Waals surface area contributed by atoms with Crippen LogP contribution in [0.15, 0.2) is 53.5 Å². The first-order valence-electron chi connectivity index (χ1n) is 10.4. The molecule has 2 amide bonds. The maximum absolute atomic E-state index is 13.3. The summed E-state index contributed by atoms with van der Waals surface area (Å²) in [7, 11) is 0. The van der Waals surface area contributed by atoms with Crippen molar-refractivity contribution in [3.63, 3.8) is 0 Å². The van der Waals surface area contributed by atoms with E-state index in [1.807, 2.05) is 32.0 Å². The highest BCUT2D eigenvalue weighted by atomic mass is 16.2. The molecule has 168 valence electrons. The van der Waals surface area contributed by atoms with Crippen molar-refractivity contribution in [2.24, 2.45) is 0 Å². The van der Waals surface area contributed by atoms with Crippen molar-refractivity contribution in [3.05, 3.63) is 75.8 Å². The van der Waals surface area contributed by atoms with E-state index in [9.17, 15) is 14.4 Å². The molecule has 0 saturated carbocycles. The summed E-state index contributed by atoms with van der Waals surface area (Å²) in [5, 5.41) is 14.8. The first-order chi connectivity index (χ1) is 15.7. The minimum Gasteiger partial charge on any atom is -0.326 e. The first-order valence-corrected chi connectivity index (χ1v) is 10.4. The topological polar surface area (TPSA) is 111 Å². The highest BCUT2D eigenvalue weighted by Crippen LogP contribution is 2.20. The van der Waals surface area contributed by atoms with Gasteiger partial charge in [0.1, 0.15) is 12.1 Å². The zero-order valence-corrected chi connectivity index (χ0v) is 18.8. The van der Waals surface area contributed by atoms with E-state index in [1.54, 1.807) is 42.1 Å². The van der Waals surface area contributed by atoms with Crippen LogP contribution in [-0.2, 0) is 16.1 Å². The van der Waals surface area contributed by atoms with Crippen molar-refractivity contribution < 1.29 is 9.59 Å². The summed E-state index contributed by atoms with van der Waals surface area (Å²) in [4.78, 5) is 37.2. The lowest BCUT2D eigenvalue weighted by molar-refractivity contribution is -0.117. The van der Waals surface area contributed by atoms with Crippen molar-refractivity contribution in [1.82, 2.24) is 19.6 Å². The molecule has 2 aromatic carbocycles. The molecule has 33 heavy (non-hydrogen) atoms. The fourth-order valence-electron chi connectivity index (χ4n) is 3.60. The predicted molar refractivity (Wildman–Crippen MR) is 127 cm³/mol. The van der Waals surface area contributed by atoms with Gasteiger partial charge >= 0.3 is 0 Å². The largest absolute Gasteiger partial charge is 0.326 e. The van der Waals surface area contributed by atoms with E-state index in [0.717, 1.165) is 21.5 Å². The van der Waals surface area contributed by atoms with Crippen molar-refractivity contribution in [1.29, 1.82) is 0 Å². The second-order valence-electron chi connectivity index (χ2n) is 7.95. The molecule has 0 saturated heterocycles. The molecule has 4 rings (SSSR count). The van der Waals surface area contributed by atoms with Gasteiger partial charge in [-0.3, -0.25) is 14.4 Å². The molecule has 0 atom stereocenters. The smallest absolute Gasteiger partial charge is 0.293 e. The van der Waals surface area contributed by atoms with Gasteiger partial charge in [0.25, 0.3) is 5.56 Å². The van der Waals surface area contributed by atoms with Gasteiger partial charge in [-0.1, -0.05) is 12.1 Å². The van der Waals surface area contributed by atoms with Gasteiger partial charge in [-0.25, -0.2) is 9.36 Å². The van der Waals surface area contributed by atoms with Crippen LogP contribution in [0.25, 0.3) is 16.6 Å². The van der Waals surface area contributed by atoms with E-state index >= 15 is 0 Å². The van der Waals surface area contributed by atoms with Crippen LogP contribution in [0.3, 0.4) is 0 Å². The third-order valence-electron chi connectivity index (χ3n) is 5.36. The van der Waals surface area contributed by atoms with Crippen LogP contribution < -0.4 is 16.2 Å². The van der Waals surface area contributed by atoms with E-state index in [2.05, 4.69) is 20.8 Å². The molecule has 0 radical (unpaired) electrons. The number of hydrogen-bond donors (Lipinski definition) is 2. The van der Waals surface area contributed by atoms with Gasteiger partial charge in [0.05, 0.1) is 17.6 Å². The number of nitrogens with one attached hydrogen (secondary N) is 2. The van der Waals surface area contributed by atoms with Crippen molar-refractivity contribution in [2.45, 2.75) is 34.2 Å². The third kappa shape index (κ3) is 4.52. The Labute approximate surface area is 190 Å². The molecular weight excluding hydrogens is 420 g/mol. The third-order valence-corrected chi connectivity index (χ3v) is 5.36. The number of fused-ring (bicyclic) bond motifs is 1. The Kier molecular flexibility index (Phi) is 5.78. The summed E-state index contributed by atoms with van der Waals surface area (Å²) in [6, 6.07) is 12.6. The molecule has 9 heteroatoms. The van der Waals surface area contributed by atoms with E-state index in [-0.39, 0.29) is 12.5 Å². The van der Waals surface area contributed by atoms with Crippen molar-refractivity contribution >= 4 is 34.1 Å². The molecule has 0 aliphatic heterocycles. The molecule has 2 N–H and O–H groups in total. The molecular formula is C24H24N6O3. The molecule has 0 fully saturated rings. The molecule has 2 heterocycles. The molecule has 0 aliphatic rings. The van der Waals surface area contributed by atoms with Gasteiger partial charge < -0.3 is 10.6 Å². The average Bonchev–Trinajstić information content (AvgIpc) is 3.19. The van der Waals surface area contributed by atoms with Crippen LogP contribution in [0.4, 0.5) is 11.4 Å². The molecule has 9 nitrogen and oxygen atoms in total. The van der Waals surface area contributed by atoms with Crippen molar-refractivity contribution in [2.75, 3.05) is 10.6 Å². The van der Waals surface area contributed by atoms with Gasteiger partial charge in [0, 0.05) is 23.7 Å². The minimum atomic E-state index is -0.416. The summed E-state index contributed by atoms with van der Waals surface area (Å²) < 4.78 is 2.73. The van der Waals surface area contributed by atoms with Crippen LogP contribution in [0.5, 0.6) is 0 Å². The average molecular weight is 444 g/mol. The number of carbonyl (C=O) groups is 2. The van der Waals surface area contributed by atoms with Crippen LogP contribution in [0, 0.1) is 20.8 Å². The summed E-state index contributed by atoms with van der Waals surface area (Å²) in [5.41, 5.74) is 4.61. The number of nitrogens with zero attached hydrogens (tertiary/aromatic N) is 4. The fraction of sp³-hybridized carbons (Fsp3) is 0.208. The SMILES string of the molecule is CC(=O)Nc1cccc(NC(=O)Cn2nc(C)c3cnn(-c4ccc(C)c(C)c4)c3c2=O)c1. The Hall–Kier alpha value is -4.27. The Morgan fingerprint density at radius 3 is 2.39 bits per heavy atom. The number of aryl methyl sites for hydroxylation is 3. The Morgan fingerprint density at radius 2 is 1.70 bits per heavy atom. The minimum absolute atomic E-state index is 0.210. The second kappa shape index (κ2) is 8.70. The first kappa shape index (κ1) is 21.9. The van der Waals surface area contributed by atoms with E-state index in [0.29, 0.717) is 28.0 Å². The maximum Gasteiger partial charge on any atom is 0.293 e. The zero-order chi connectivity index (χ0) is 23.7. The van der Waals surface area contributed by atoms with E-state index in [4.69, 9.17) is 0 Å². The number of benzene rings is 2. The summed E-state index contributed by atoms with van der Waals surface area (Å²) >= 11 is 0. The van der Waals surface area contributed by atoms with Gasteiger partial charge in [-0.15, -0.1) is 0 Å². The van der Waals surface area contributed by atoms with Crippen LogP contribution in [-0.4, -0.2) is 31.4 Å². The summed E-state index contributed by atoms with van der Waals surface area (Å²) in [6.07, 6.45) is 1.62. The Balaban J connectivity index is 1.65. The molecule has 0 bridgehead atoms. The Bertz CT molecular complexity index is 1450. The van der Waals surface area contributed by atoms with Crippen LogP contribution in [0.1, 0.15) is 23.7 Å². The number of aromatic nitrogens is 4. The highest BCUT2D eigenvalue weighted by Gasteiger charge is 2.17. The maximum atomic E-state index is 13.3. The second-order valence-corrected chi connectivity index (χ2v) is 7.95. The molecule has 2 aromatic heterocycles. The van der Waals surface area contributed by atoms with E-state index < -0.39 is 11.5 Å².